The van der Waals surface area contributed by atoms with Crippen molar-refractivity contribution in [1.29, 1.82) is 0 Å². The summed E-state index contributed by atoms with van der Waals surface area (Å²) in [6, 6.07) is 15.3. The molecule has 0 unspecified atom stereocenters. The predicted molar refractivity (Wildman–Crippen MR) is 89.7 cm³/mol. The van der Waals surface area contributed by atoms with Crippen LogP contribution in [0.1, 0.15) is 0 Å². The zero-order chi connectivity index (χ0) is 15.5. The quantitative estimate of drug-likeness (QED) is 0.726. The zero-order valence-electron chi connectivity index (χ0n) is 12.2. The summed E-state index contributed by atoms with van der Waals surface area (Å²) in [6.07, 6.45) is 0. The highest BCUT2D eigenvalue weighted by Gasteiger charge is 2.05. The molecule has 0 saturated heterocycles. The number of nitrogens with zero attached hydrogens (tertiary/aromatic N) is 3. The summed E-state index contributed by atoms with van der Waals surface area (Å²) in [6.45, 7) is 0. The summed E-state index contributed by atoms with van der Waals surface area (Å²) in [5.74, 6) is 0.784. The van der Waals surface area contributed by atoms with Crippen LogP contribution in [0.2, 0.25) is 5.02 Å². The third-order valence-electron chi connectivity index (χ3n) is 3.07. The summed E-state index contributed by atoms with van der Waals surface area (Å²) >= 11 is 7.45. The Morgan fingerprint density at radius 2 is 1.95 bits per heavy atom. The number of aromatic nitrogens is 2. The normalized spacial score (nSPS) is 11.7. The van der Waals surface area contributed by atoms with Crippen molar-refractivity contribution >= 4 is 28.6 Å². The molecule has 0 bridgehead atoms. The van der Waals surface area contributed by atoms with Gasteiger partial charge in [0.25, 0.3) is 0 Å². The molecule has 22 heavy (non-hydrogen) atoms. The fourth-order valence-corrected chi connectivity index (χ4v) is 2.99. The molecular weight excluding hydrogens is 318 g/mol. The van der Waals surface area contributed by atoms with E-state index in [-0.39, 0.29) is 0 Å². The number of hydrogen-bond acceptors (Lipinski definition) is 4. The van der Waals surface area contributed by atoms with Gasteiger partial charge in [-0.15, -0.1) is 0 Å². The van der Waals surface area contributed by atoms with Crippen LogP contribution in [-0.2, 0) is 7.05 Å². The van der Waals surface area contributed by atoms with E-state index in [1.807, 2.05) is 55.6 Å². The maximum absolute atomic E-state index is 5.92. The maximum atomic E-state index is 5.92. The van der Waals surface area contributed by atoms with Gasteiger partial charge in [0.05, 0.1) is 12.8 Å². The molecule has 0 N–H and O–H groups in total. The molecule has 3 aromatic rings. The number of hydrogen-bond donors (Lipinski definition) is 0. The van der Waals surface area contributed by atoms with E-state index < -0.39 is 0 Å². The highest BCUT2D eigenvalue weighted by molar-refractivity contribution is 7.12. The summed E-state index contributed by atoms with van der Waals surface area (Å²) in [4.78, 5) is 5.44. The first-order valence-corrected chi connectivity index (χ1v) is 7.84. The number of halogens is 1. The Kier molecular flexibility index (Phi) is 4.27. The third kappa shape index (κ3) is 3.21. The first-order valence-electron chi connectivity index (χ1n) is 6.64. The van der Waals surface area contributed by atoms with Crippen molar-refractivity contribution in [1.82, 2.24) is 9.78 Å². The molecule has 112 valence electrons. The van der Waals surface area contributed by atoms with Crippen molar-refractivity contribution in [3.63, 3.8) is 0 Å². The Morgan fingerprint density at radius 1 is 1.18 bits per heavy atom. The highest BCUT2D eigenvalue weighted by Crippen LogP contribution is 2.22. The molecule has 1 heterocycles. The van der Waals surface area contributed by atoms with Crippen LogP contribution in [0.5, 0.6) is 5.75 Å². The zero-order valence-corrected chi connectivity index (χ0v) is 13.7. The Labute approximate surface area is 137 Å². The van der Waals surface area contributed by atoms with Gasteiger partial charge in [-0.3, -0.25) is 0 Å². The standard InChI is InChI=1S/C16H14ClN3OS/c1-20-16(18-13-4-3-5-14(10-13)21-2)22-15(19-20)11-6-8-12(17)9-7-11/h3-10H,1-2H3. The van der Waals surface area contributed by atoms with Gasteiger partial charge in [0.2, 0.25) is 4.80 Å². The summed E-state index contributed by atoms with van der Waals surface area (Å²) in [7, 11) is 3.53. The van der Waals surface area contributed by atoms with Crippen molar-refractivity contribution in [2.75, 3.05) is 7.11 Å². The molecular formula is C16H14ClN3OS. The molecule has 0 amide bonds. The monoisotopic (exact) mass is 331 g/mol. The molecule has 6 heteroatoms. The van der Waals surface area contributed by atoms with Gasteiger partial charge in [-0.25, -0.2) is 9.67 Å². The van der Waals surface area contributed by atoms with Gasteiger partial charge in [0, 0.05) is 23.7 Å². The van der Waals surface area contributed by atoms with E-state index in [0.29, 0.717) is 5.02 Å². The first-order chi connectivity index (χ1) is 10.7. The SMILES string of the molecule is COc1cccc(N=c2sc(-c3ccc(Cl)cc3)nn2C)c1. The van der Waals surface area contributed by atoms with Gasteiger partial charge in [0.1, 0.15) is 10.8 Å². The number of rotatable bonds is 3. The number of benzene rings is 2. The van der Waals surface area contributed by atoms with Gasteiger partial charge >= 0.3 is 0 Å². The van der Waals surface area contributed by atoms with Crippen LogP contribution in [0.3, 0.4) is 0 Å². The second-order valence-electron chi connectivity index (χ2n) is 4.63. The second kappa shape index (κ2) is 6.34. The average molecular weight is 332 g/mol. The smallest absolute Gasteiger partial charge is 0.208 e. The lowest BCUT2D eigenvalue weighted by molar-refractivity contribution is 0.415. The van der Waals surface area contributed by atoms with Gasteiger partial charge in [-0.05, 0) is 24.3 Å². The summed E-state index contributed by atoms with van der Waals surface area (Å²) in [5.41, 5.74) is 1.86. The van der Waals surface area contributed by atoms with E-state index in [0.717, 1.165) is 26.8 Å². The van der Waals surface area contributed by atoms with E-state index in [4.69, 9.17) is 16.3 Å². The number of aryl methyl sites for hydroxylation is 1. The van der Waals surface area contributed by atoms with E-state index in [1.165, 1.54) is 11.3 Å². The van der Waals surface area contributed by atoms with Gasteiger partial charge in [-0.1, -0.05) is 41.1 Å². The lowest BCUT2D eigenvalue weighted by Gasteiger charge is -1.99. The van der Waals surface area contributed by atoms with Crippen LogP contribution in [0.15, 0.2) is 53.5 Å². The molecule has 0 fully saturated rings. The Bertz CT molecular complexity index is 852. The minimum absolute atomic E-state index is 0.714. The third-order valence-corrected chi connectivity index (χ3v) is 4.38. The lowest BCUT2D eigenvalue weighted by Crippen LogP contribution is -2.10. The first kappa shape index (κ1) is 14.8. The minimum atomic E-state index is 0.714. The van der Waals surface area contributed by atoms with Crippen molar-refractivity contribution in [2.45, 2.75) is 0 Å². The van der Waals surface area contributed by atoms with E-state index >= 15 is 0 Å². The van der Waals surface area contributed by atoms with Gasteiger partial charge < -0.3 is 4.74 Å². The van der Waals surface area contributed by atoms with Gasteiger partial charge in [0.15, 0.2) is 0 Å². The van der Waals surface area contributed by atoms with Crippen LogP contribution in [0.25, 0.3) is 10.6 Å². The van der Waals surface area contributed by atoms with Crippen molar-refractivity contribution in [2.24, 2.45) is 12.0 Å². The van der Waals surface area contributed by atoms with E-state index in [1.54, 1.807) is 11.8 Å². The molecule has 3 rings (SSSR count). The molecule has 0 atom stereocenters. The number of ether oxygens (including phenoxy) is 1. The lowest BCUT2D eigenvalue weighted by atomic mass is 10.2. The second-order valence-corrected chi connectivity index (χ2v) is 6.03. The van der Waals surface area contributed by atoms with Crippen LogP contribution >= 0.6 is 22.9 Å². The minimum Gasteiger partial charge on any atom is -0.497 e. The topological polar surface area (TPSA) is 39.4 Å². The molecule has 0 saturated carbocycles. The van der Waals surface area contributed by atoms with Crippen LogP contribution in [0, 0.1) is 0 Å². The van der Waals surface area contributed by atoms with Crippen molar-refractivity contribution in [3.05, 3.63) is 58.4 Å². The number of methoxy groups -OCH3 is 1. The van der Waals surface area contributed by atoms with E-state index in [9.17, 15) is 0 Å². The van der Waals surface area contributed by atoms with Crippen molar-refractivity contribution in [3.8, 4) is 16.3 Å². The molecule has 0 radical (unpaired) electrons. The van der Waals surface area contributed by atoms with Crippen LogP contribution in [0.4, 0.5) is 5.69 Å². The Morgan fingerprint density at radius 3 is 2.68 bits per heavy atom. The molecule has 0 spiro atoms. The molecule has 0 aliphatic heterocycles. The van der Waals surface area contributed by atoms with Gasteiger partial charge in [-0.2, -0.15) is 5.10 Å². The van der Waals surface area contributed by atoms with Crippen LogP contribution in [-0.4, -0.2) is 16.9 Å². The maximum Gasteiger partial charge on any atom is 0.208 e. The van der Waals surface area contributed by atoms with Crippen LogP contribution < -0.4 is 9.54 Å². The molecule has 2 aromatic carbocycles. The molecule has 0 aliphatic rings. The highest BCUT2D eigenvalue weighted by atomic mass is 35.5. The summed E-state index contributed by atoms with van der Waals surface area (Å²) in [5, 5.41) is 6.13. The molecule has 1 aromatic heterocycles. The molecule has 4 nitrogen and oxygen atoms in total. The fourth-order valence-electron chi connectivity index (χ4n) is 1.95. The Hall–Kier alpha value is -2.11. The predicted octanol–water partition coefficient (Wildman–Crippen LogP) is 4.04. The largest absolute Gasteiger partial charge is 0.497 e. The average Bonchev–Trinajstić information content (AvgIpc) is 2.89. The van der Waals surface area contributed by atoms with E-state index in [2.05, 4.69) is 10.1 Å². The van der Waals surface area contributed by atoms with Crippen molar-refractivity contribution < 1.29 is 4.74 Å². The Balaban J connectivity index is 2.01. The summed E-state index contributed by atoms with van der Waals surface area (Å²) < 4.78 is 6.99. The molecule has 0 aliphatic carbocycles. The fraction of sp³-hybridized carbons (Fsp3) is 0.125.